The highest BCUT2D eigenvalue weighted by atomic mass is 16.5. The SMILES string of the molecule is CC1=C(C(=O)OC(c2ccccc2)c2ccccc2)N2C(=O)C[C@H]2C1O. The van der Waals surface area contributed by atoms with Crippen molar-refractivity contribution < 1.29 is 19.4 Å². The molecule has 1 fully saturated rings. The Kier molecular flexibility index (Phi) is 4.09. The van der Waals surface area contributed by atoms with Gasteiger partial charge in [-0.15, -0.1) is 0 Å². The lowest BCUT2D eigenvalue weighted by molar-refractivity contribution is -0.154. The van der Waals surface area contributed by atoms with E-state index in [-0.39, 0.29) is 24.1 Å². The Morgan fingerprint density at radius 3 is 2.12 bits per heavy atom. The highest BCUT2D eigenvalue weighted by Gasteiger charge is 2.52. The smallest absolute Gasteiger partial charge is 0.356 e. The molecule has 2 atom stereocenters. The van der Waals surface area contributed by atoms with Gasteiger partial charge in [0, 0.05) is 0 Å². The summed E-state index contributed by atoms with van der Waals surface area (Å²) in [5, 5.41) is 10.2. The first-order valence-electron chi connectivity index (χ1n) is 8.59. The van der Waals surface area contributed by atoms with Gasteiger partial charge in [-0.25, -0.2) is 4.79 Å². The third-order valence-electron chi connectivity index (χ3n) is 5.03. The van der Waals surface area contributed by atoms with Crippen LogP contribution in [0.5, 0.6) is 0 Å². The van der Waals surface area contributed by atoms with Gasteiger partial charge < -0.3 is 9.84 Å². The first kappa shape index (κ1) is 16.5. The highest BCUT2D eigenvalue weighted by Crippen LogP contribution is 2.40. The Hall–Kier alpha value is -2.92. The molecule has 2 aliphatic heterocycles. The van der Waals surface area contributed by atoms with Crippen molar-refractivity contribution in [3.05, 3.63) is 83.1 Å². The summed E-state index contributed by atoms with van der Waals surface area (Å²) < 4.78 is 5.82. The number of rotatable bonds is 4. The molecule has 26 heavy (non-hydrogen) atoms. The van der Waals surface area contributed by atoms with Crippen LogP contribution in [0.4, 0.5) is 0 Å². The van der Waals surface area contributed by atoms with Crippen molar-refractivity contribution in [3.8, 4) is 0 Å². The molecular weight excluding hydrogens is 330 g/mol. The number of aliphatic hydroxyl groups is 1. The fraction of sp³-hybridized carbons (Fsp3) is 0.238. The van der Waals surface area contributed by atoms with Gasteiger partial charge in [-0.3, -0.25) is 9.69 Å². The molecule has 2 aromatic rings. The van der Waals surface area contributed by atoms with E-state index in [4.69, 9.17) is 4.74 Å². The zero-order valence-corrected chi connectivity index (χ0v) is 14.3. The molecule has 2 aromatic carbocycles. The lowest BCUT2D eigenvalue weighted by Gasteiger charge is -2.37. The molecule has 5 heteroatoms. The lowest BCUT2D eigenvalue weighted by Crippen LogP contribution is -2.53. The van der Waals surface area contributed by atoms with Crippen LogP contribution in [0, 0.1) is 0 Å². The molecule has 0 aromatic heterocycles. The van der Waals surface area contributed by atoms with E-state index >= 15 is 0 Å². The largest absolute Gasteiger partial charge is 0.448 e. The first-order chi connectivity index (χ1) is 12.6. The van der Waals surface area contributed by atoms with Crippen LogP contribution in [-0.2, 0) is 14.3 Å². The molecule has 132 valence electrons. The number of aliphatic hydroxyl groups excluding tert-OH is 1. The van der Waals surface area contributed by atoms with E-state index in [2.05, 4.69) is 0 Å². The molecule has 1 unspecified atom stereocenters. The van der Waals surface area contributed by atoms with Crippen molar-refractivity contribution in [2.45, 2.75) is 31.6 Å². The molecule has 0 radical (unpaired) electrons. The molecule has 4 rings (SSSR count). The van der Waals surface area contributed by atoms with E-state index in [0.29, 0.717) is 5.57 Å². The number of carbonyl (C=O) groups excluding carboxylic acids is 2. The number of fused-ring (bicyclic) bond motifs is 1. The molecule has 0 saturated carbocycles. The van der Waals surface area contributed by atoms with Crippen molar-refractivity contribution in [1.82, 2.24) is 4.90 Å². The minimum absolute atomic E-state index is 0.158. The van der Waals surface area contributed by atoms with Gasteiger partial charge in [-0.1, -0.05) is 60.7 Å². The number of amides is 1. The summed E-state index contributed by atoms with van der Waals surface area (Å²) in [6, 6.07) is 18.6. The number of esters is 1. The predicted molar refractivity (Wildman–Crippen MR) is 94.8 cm³/mol. The van der Waals surface area contributed by atoms with E-state index in [9.17, 15) is 14.7 Å². The van der Waals surface area contributed by atoms with Crippen LogP contribution in [0.1, 0.15) is 30.6 Å². The fourth-order valence-electron chi connectivity index (χ4n) is 3.61. The molecule has 1 saturated heterocycles. The van der Waals surface area contributed by atoms with E-state index in [1.165, 1.54) is 4.90 Å². The van der Waals surface area contributed by atoms with Crippen LogP contribution in [0.25, 0.3) is 0 Å². The third kappa shape index (κ3) is 2.61. The van der Waals surface area contributed by atoms with E-state index in [1.807, 2.05) is 60.7 Å². The van der Waals surface area contributed by atoms with Crippen molar-refractivity contribution >= 4 is 11.9 Å². The van der Waals surface area contributed by atoms with Gasteiger partial charge in [0.25, 0.3) is 0 Å². The summed E-state index contributed by atoms with van der Waals surface area (Å²) >= 11 is 0. The van der Waals surface area contributed by atoms with Gasteiger partial charge in [0.05, 0.1) is 18.6 Å². The highest BCUT2D eigenvalue weighted by molar-refractivity contribution is 5.99. The van der Waals surface area contributed by atoms with Crippen molar-refractivity contribution in [3.63, 3.8) is 0 Å². The Morgan fingerprint density at radius 2 is 1.62 bits per heavy atom. The maximum absolute atomic E-state index is 12.9. The third-order valence-corrected chi connectivity index (χ3v) is 5.03. The number of hydrogen-bond acceptors (Lipinski definition) is 4. The number of ether oxygens (including phenoxy) is 1. The van der Waals surface area contributed by atoms with E-state index < -0.39 is 18.2 Å². The molecule has 1 N–H and O–H groups in total. The first-order valence-corrected chi connectivity index (χ1v) is 8.59. The number of nitrogens with zero attached hydrogens (tertiary/aromatic N) is 1. The lowest BCUT2D eigenvalue weighted by atomic mass is 9.98. The minimum Gasteiger partial charge on any atom is -0.448 e. The van der Waals surface area contributed by atoms with Gasteiger partial charge in [-0.2, -0.15) is 0 Å². The van der Waals surface area contributed by atoms with Crippen LogP contribution >= 0.6 is 0 Å². The minimum atomic E-state index is -0.804. The normalized spacial score (nSPS) is 21.7. The molecule has 0 aliphatic carbocycles. The van der Waals surface area contributed by atoms with Crippen LogP contribution in [0.15, 0.2) is 71.9 Å². The second-order valence-corrected chi connectivity index (χ2v) is 6.62. The van der Waals surface area contributed by atoms with Gasteiger partial charge in [0.1, 0.15) is 5.70 Å². The Labute approximate surface area is 151 Å². The summed E-state index contributed by atoms with van der Waals surface area (Å²) in [7, 11) is 0. The van der Waals surface area contributed by atoms with Gasteiger partial charge in [0.15, 0.2) is 6.10 Å². The zero-order valence-electron chi connectivity index (χ0n) is 14.3. The molecule has 0 bridgehead atoms. The molecule has 2 heterocycles. The van der Waals surface area contributed by atoms with Crippen molar-refractivity contribution in [2.24, 2.45) is 0 Å². The summed E-state index contributed by atoms with van der Waals surface area (Å²) in [4.78, 5) is 26.2. The van der Waals surface area contributed by atoms with Gasteiger partial charge in [0.2, 0.25) is 5.91 Å². The molecule has 1 amide bonds. The molecular formula is C21H19NO4. The number of β-lactam (4-membered cyclic amide) rings is 1. The standard InChI is InChI=1S/C21H19NO4/c1-13-18(22-16(19(13)24)12-17(22)23)21(25)26-20(14-8-4-2-5-9-14)15-10-6-3-7-11-15/h2-11,16,19-20,24H,12H2,1H3/t16-,19?/m0/s1. The second kappa shape index (κ2) is 6.42. The van der Waals surface area contributed by atoms with Gasteiger partial charge >= 0.3 is 5.97 Å². The zero-order chi connectivity index (χ0) is 18.3. The van der Waals surface area contributed by atoms with E-state index in [0.717, 1.165) is 11.1 Å². The average Bonchev–Trinajstić information content (AvgIpc) is 2.88. The number of benzene rings is 2. The molecule has 5 nitrogen and oxygen atoms in total. The van der Waals surface area contributed by atoms with Crippen LogP contribution in [0.2, 0.25) is 0 Å². The molecule has 2 aliphatic rings. The van der Waals surface area contributed by atoms with Crippen molar-refractivity contribution in [2.75, 3.05) is 0 Å². The quantitative estimate of drug-likeness (QED) is 0.680. The average molecular weight is 349 g/mol. The van der Waals surface area contributed by atoms with Crippen LogP contribution in [-0.4, -0.2) is 34.0 Å². The Morgan fingerprint density at radius 1 is 1.08 bits per heavy atom. The molecule has 0 spiro atoms. The summed E-state index contributed by atoms with van der Waals surface area (Å²) in [5.74, 6) is -0.747. The predicted octanol–water partition coefficient (Wildman–Crippen LogP) is 2.57. The topological polar surface area (TPSA) is 66.8 Å². The fourth-order valence-corrected chi connectivity index (χ4v) is 3.61. The van der Waals surface area contributed by atoms with Crippen molar-refractivity contribution in [1.29, 1.82) is 0 Å². The van der Waals surface area contributed by atoms with Crippen LogP contribution < -0.4 is 0 Å². The van der Waals surface area contributed by atoms with E-state index in [1.54, 1.807) is 6.92 Å². The Balaban J connectivity index is 1.66. The Bertz CT molecular complexity index is 836. The second-order valence-electron chi connectivity index (χ2n) is 6.62. The van der Waals surface area contributed by atoms with Crippen LogP contribution in [0.3, 0.4) is 0 Å². The maximum Gasteiger partial charge on any atom is 0.356 e. The summed E-state index contributed by atoms with van der Waals surface area (Å²) in [6.45, 7) is 1.67. The summed E-state index contributed by atoms with van der Waals surface area (Å²) in [6.07, 6.45) is -1.13. The maximum atomic E-state index is 12.9. The summed E-state index contributed by atoms with van der Waals surface area (Å²) in [5.41, 5.74) is 2.35. The van der Waals surface area contributed by atoms with Gasteiger partial charge in [-0.05, 0) is 23.6 Å². The number of carbonyl (C=O) groups is 2. The monoisotopic (exact) mass is 349 g/mol. The number of hydrogen-bond donors (Lipinski definition) is 1.